The molecule has 2 heterocycles. The standard InChI is InChI=1S/C16H12F3N7O/c17-16(18,19)10-2-1-3-11(8-10)23-24-12-13(20)25-26(14(12)21)15(27)9-4-6-22-7-5-9/h1-8H,21H2,(H2,20,25). The average Bonchev–Trinajstić information content (AvgIpc) is 2.93. The smallest absolute Gasteiger partial charge is 0.382 e. The average molecular weight is 375 g/mol. The summed E-state index contributed by atoms with van der Waals surface area (Å²) in [5.74, 6) is -0.946. The van der Waals surface area contributed by atoms with Crippen LogP contribution in [0.5, 0.6) is 0 Å². The van der Waals surface area contributed by atoms with Crippen LogP contribution in [0.4, 0.5) is 36.2 Å². The summed E-state index contributed by atoms with van der Waals surface area (Å²) in [6, 6.07) is 7.18. The van der Waals surface area contributed by atoms with Crippen LogP contribution >= 0.6 is 0 Å². The highest BCUT2D eigenvalue weighted by Crippen LogP contribution is 2.34. The van der Waals surface area contributed by atoms with Gasteiger partial charge in [0.15, 0.2) is 17.3 Å². The van der Waals surface area contributed by atoms with E-state index in [1.165, 1.54) is 36.7 Å². The minimum atomic E-state index is -4.51. The molecule has 0 aliphatic rings. The molecule has 0 unspecified atom stereocenters. The fraction of sp³-hybridized carbons (Fsp3) is 0.0625. The van der Waals surface area contributed by atoms with E-state index < -0.39 is 17.6 Å². The zero-order chi connectivity index (χ0) is 19.6. The zero-order valence-corrected chi connectivity index (χ0v) is 13.6. The summed E-state index contributed by atoms with van der Waals surface area (Å²) in [7, 11) is 0. The summed E-state index contributed by atoms with van der Waals surface area (Å²) in [6.45, 7) is 0. The Morgan fingerprint density at radius 3 is 2.44 bits per heavy atom. The predicted molar refractivity (Wildman–Crippen MR) is 90.6 cm³/mol. The molecule has 8 nitrogen and oxygen atoms in total. The molecule has 0 saturated carbocycles. The lowest BCUT2D eigenvalue weighted by Gasteiger charge is -2.05. The number of carbonyl (C=O) groups is 1. The van der Waals surface area contributed by atoms with E-state index in [2.05, 4.69) is 20.3 Å². The Kier molecular flexibility index (Phi) is 4.59. The van der Waals surface area contributed by atoms with Gasteiger partial charge in [0.2, 0.25) is 0 Å². The number of hydrogen-bond acceptors (Lipinski definition) is 7. The molecule has 2 aromatic heterocycles. The van der Waals surface area contributed by atoms with Gasteiger partial charge in [0.1, 0.15) is 0 Å². The lowest BCUT2D eigenvalue weighted by molar-refractivity contribution is -0.137. The van der Waals surface area contributed by atoms with Crippen molar-refractivity contribution in [2.75, 3.05) is 11.5 Å². The number of carbonyl (C=O) groups excluding carboxylic acids is 1. The minimum Gasteiger partial charge on any atom is -0.382 e. The molecule has 0 atom stereocenters. The second-order valence-electron chi connectivity index (χ2n) is 5.32. The van der Waals surface area contributed by atoms with Crippen molar-refractivity contribution in [1.82, 2.24) is 14.8 Å². The fourth-order valence-corrected chi connectivity index (χ4v) is 2.17. The molecular formula is C16H12F3N7O. The van der Waals surface area contributed by atoms with Crippen LogP contribution < -0.4 is 11.5 Å². The maximum atomic E-state index is 12.7. The molecule has 0 aliphatic heterocycles. The molecule has 0 spiro atoms. The van der Waals surface area contributed by atoms with E-state index >= 15 is 0 Å². The highest BCUT2D eigenvalue weighted by atomic mass is 19.4. The third kappa shape index (κ3) is 3.76. The van der Waals surface area contributed by atoms with E-state index in [1.54, 1.807) is 0 Å². The molecular weight excluding hydrogens is 363 g/mol. The summed E-state index contributed by atoms with van der Waals surface area (Å²) >= 11 is 0. The molecule has 1 aromatic carbocycles. The number of nitrogens with zero attached hydrogens (tertiary/aromatic N) is 5. The Balaban J connectivity index is 1.92. The zero-order valence-electron chi connectivity index (χ0n) is 13.6. The van der Waals surface area contributed by atoms with Crippen molar-refractivity contribution in [3.63, 3.8) is 0 Å². The third-order valence-corrected chi connectivity index (χ3v) is 3.48. The molecule has 0 saturated heterocycles. The summed E-state index contributed by atoms with van der Waals surface area (Å²) in [6.07, 6.45) is -1.67. The highest BCUT2D eigenvalue weighted by molar-refractivity contribution is 5.98. The first kappa shape index (κ1) is 18.0. The quantitative estimate of drug-likeness (QED) is 0.677. The molecule has 27 heavy (non-hydrogen) atoms. The van der Waals surface area contributed by atoms with Gasteiger partial charge in [0.05, 0.1) is 11.3 Å². The Bertz CT molecular complexity index is 1010. The molecule has 0 radical (unpaired) electrons. The number of aromatic nitrogens is 3. The fourth-order valence-electron chi connectivity index (χ4n) is 2.17. The van der Waals surface area contributed by atoms with Crippen molar-refractivity contribution in [3.8, 4) is 0 Å². The van der Waals surface area contributed by atoms with Crippen LogP contribution in [0.3, 0.4) is 0 Å². The van der Waals surface area contributed by atoms with Crippen LogP contribution in [0.1, 0.15) is 15.9 Å². The van der Waals surface area contributed by atoms with Crippen LogP contribution in [0.25, 0.3) is 0 Å². The molecule has 0 bridgehead atoms. The maximum absolute atomic E-state index is 12.7. The summed E-state index contributed by atoms with van der Waals surface area (Å²) in [5.41, 5.74) is 10.8. The first-order chi connectivity index (χ1) is 12.8. The van der Waals surface area contributed by atoms with Gasteiger partial charge < -0.3 is 11.5 Å². The predicted octanol–water partition coefficient (Wildman–Crippen LogP) is 3.57. The number of pyridine rings is 1. The molecule has 0 fully saturated rings. The lowest BCUT2D eigenvalue weighted by atomic mass is 10.2. The van der Waals surface area contributed by atoms with Gasteiger partial charge >= 0.3 is 6.18 Å². The number of hydrogen-bond donors (Lipinski definition) is 2. The van der Waals surface area contributed by atoms with Gasteiger partial charge in [-0.05, 0) is 30.3 Å². The topological polar surface area (TPSA) is 125 Å². The van der Waals surface area contributed by atoms with Gasteiger partial charge in [-0.2, -0.15) is 23.0 Å². The number of nitrogen functional groups attached to an aromatic ring is 2. The minimum absolute atomic E-state index is 0.0585. The molecule has 11 heteroatoms. The Hall–Kier alpha value is -3.76. The van der Waals surface area contributed by atoms with E-state index in [0.29, 0.717) is 0 Å². The van der Waals surface area contributed by atoms with Gasteiger partial charge in [0.25, 0.3) is 5.91 Å². The maximum Gasteiger partial charge on any atom is 0.416 e. The van der Waals surface area contributed by atoms with Crippen LogP contribution in [-0.4, -0.2) is 20.7 Å². The van der Waals surface area contributed by atoms with Crippen molar-refractivity contribution >= 4 is 28.9 Å². The third-order valence-electron chi connectivity index (χ3n) is 3.48. The first-order valence-electron chi connectivity index (χ1n) is 7.45. The van der Waals surface area contributed by atoms with Crippen LogP contribution in [0.15, 0.2) is 59.0 Å². The number of rotatable bonds is 3. The van der Waals surface area contributed by atoms with E-state index in [0.717, 1.165) is 16.8 Å². The van der Waals surface area contributed by atoms with Crippen molar-refractivity contribution in [3.05, 3.63) is 59.9 Å². The summed E-state index contributed by atoms with van der Waals surface area (Å²) in [4.78, 5) is 16.2. The second-order valence-corrected chi connectivity index (χ2v) is 5.32. The molecule has 138 valence electrons. The van der Waals surface area contributed by atoms with E-state index in [9.17, 15) is 18.0 Å². The molecule has 0 amide bonds. The van der Waals surface area contributed by atoms with Crippen molar-refractivity contribution < 1.29 is 18.0 Å². The van der Waals surface area contributed by atoms with Crippen molar-refractivity contribution in [1.29, 1.82) is 0 Å². The number of benzene rings is 1. The summed E-state index contributed by atoms with van der Waals surface area (Å²) in [5, 5.41) is 11.3. The SMILES string of the molecule is Nc1nn(C(=O)c2ccncc2)c(N)c1N=Nc1cccc(C(F)(F)F)c1. The second kappa shape index (κ2) is 6.86. The van der Waals surface area contributed by atoms with Crippen LogP contribution in [0.2, 0.25) is 0 Å². The number of halogens is 3. The van der Waals surface area contributed by atoms with Gasteiger partial charge in [-0.25, -0.2) is 0 Å². The monoisotopic (exact) mass is 375 g/mol. The Labute approximate surface area is 150 Å². The molecule has 4 N–H and O–H groups in total. The van der Waals surface area contributed by atoms with Crippen LogP contribution in [0, 0.1) is 0 Å². The summed E-state index contributed by atoms with van der Waals surface area (Å²) < 4.78 is 39.1. The number of alkyl halides is 3. The Morgan fingerprint density at radius 1 is 1.07 bits per heavy atom. The molecule has 0 aliphatic carbocycles. The number of nitrogens with two attached hydrogens (primary N) is 2. The van der Waals surface area contributed by atoms with Gasteiger partial charge in [-0.15, -0.1) is 10.2 Å². The van der Waals surface area contributed by atoms with E-state index in [-0.39, 0.29) is 28.6 Å². The number of azo groups is 1. The van der Waals surface area contributed by atoms with E-state index in [1.807, 2.05) is 0 Å². The molecule has 3 rings (SSSR count). The first-order valence-corrected chi connectivity index (χ1v) is 7.45. The lowest BCUT2D eigenvalue weighted by Crippen LogP contribution is -2.16. The van der Waals surface area contributed by atoms with Crippen molar-refractivity contribution in [2.24, 2.45) is 10.2 Å². The Morgan fingerprint density at radius 2 is 1.78 bits per heavy atom. The van der Waals surface area contributed by atoms with Gasteiger partial charge in [-0.3, -0.25) is 9.78 Å². The van der Waals surface area contributed by atoms with Crippen molar-refractivity contribution in [2.45, 2.75) is 6.18 Å². The normalized spacial score (nSPS) is 11.8. The van der Waals surface area contributed by atoms with E-state index in [4.69, 9.17) is 11.5 Å². The number of anilines is 2. The van der Waals surface area contributed by atoms with Gasteiger partial charge in [0, 0.05) is 18.0 Å². The highest BCUT2D eigenvalue weighted by Gasteiger charge is 2.30. The molecule has 3 aromatic rings. The van der Waals surface area contributed by atoms with Crippen LogP contribution in [-0.2, 0) is 6.18 Å². The van der Waals surface area contributed by atoms with Gasteiger partial charge in [-0.1, -0.05) is 6.07 Å². The largest absolute Gasteiger partial charge is 0.416 e.